The standard InChI is InChI=1S/C21H16BrClN2O3S/c22-14-6-11-19(18(23)12-14)27-13-20(26)25-21(29)24-15-7-9-17(10-8-15)28-16-4-2-1-3-5-16/h1-12H,13H2,(H2,24,25,26,29). The molecule has 0 aliphatic heterocycles. The molecule has 0 saturated carbocycles. The highest BCUT2D eigenvalue weighted by atomic mass is 79.9. The Morgan fingerprint density at radius 2 is 1.69 bits per heavy atom. The molecule has 148 valence electrons. The quantitative estimate of drug-likeness (QED) is 0.428. The average Bonchev–Trinajstić information content (AvgIpc) is 2.69. The van der Waals surface area contributed by atoms with Gasteiger partial charge >= 0.3 is 0 Å². The van der Waals surface area contributed by atoms with Crippen LogP contribution in [0.2, 0.25) is 5.02 Å². The highest BCUT2D eigenvalue weighted by molar-refractivity contribution is 9.10. The predicted molar refractivity (Wildman–Crippen MR) is 122 cm³/mol. The molecule has 8 heteroatoms. The minimum Gasteiger partial charge on any atom is -0.482 e. The van der Waals surface area contributed by atoms with Crippen molar-refractivity contribution < 1.29 is 14.3 Å². The van der Waals surface area contributed by atoms with Crippen LogP contribution in [0.5, 0.6) is 17.2 Å². The Hall–Kier alpha value is -2.61. The minimum absolute atomic E-state index is 0.164. The number of rotatable bonds is 6. The van der Waals surface area contributed by atoms with Crippen LogP contribution in [-0.4, -0.2) is 17.6 Å². The van der Waals surface area contributed by atoms with Gasteiger partial charge in [0.25, 0.3) is 5.91 Å². The molecule has 0 aliphatic rings. The third-order valence-corrected chi connectivity index (χ3v) is 4.59. The molecule has 0 unspecified atom stereocenters. The van der Waals surface area contributed by atoms with E-state index in [2.05, 4.69) is 26.6 Å². The zero-order valence-electron chi connectivity index (χ0n) is 15.0. The molecular weight excluding hydrogens is 476 g/mol. The van der Waals surface area contributed by atoms with E-state index < -0.39 is 5.91 Å². The molecule has 0 atom stereocenters. The van der Waals surface area contributed by atoms with Crippen molar-refractivity contribution in [2.45, 2.75) is 0 Å². The highest BCUT2D eigenvalue weighted by Gasteiger charge is 2.08. The number of halogens is 2. The summed E-state index contributed by atoms with van der Waals surface area (Å²) in [6.45, 7) is -0.215. The summed E-state index contributed by atoms with van der Waals surface area (Å²) in [6.07, 6.45) is 0. The van der Waals surface area contributed by atoms with Crippen LogP contribution in [0.1, 0.15) is 0 Å². The molecule has 0 saturated heterocycles. The van der Waals surface area contributed by atoms with Crippen molar-refractivity contribution in [1.82, 2.24) is 5.32 Å². The zero-order chi connectivity index (χ0) is 20.6. The fraction of sp³-hybridized carbons (Fsp3) is 0.0476. The molecule has 2 N–H and O–H groups in total. The van der Waals surface area contributed by atoms with Gasteiger partial charge in [0.15, 0.2) is 11.7 Å². The first-order chi connectivity index (χ1) is 14.0. The monoisotopic (exact) mass is 490 g/mol. The molecule has 0 aromatic heterocycles. The number of benzene rings is 3. The normalized spacial score (nSPS) is 10.1. The fourth-order valence-corrected chi connectivity index (χ4v) is 3.25. The van der Waals surface area contributed by atoms with Gasteiger partial charge < -0.3 is 14.8 Å². The smallest absolute Gasteiger partial charge is 0.264 e. The molecule has 0 heterocycles. The second-order valence-corrected chi connectivity index (χ2v) is 7.54. The van der Waals surface area contributed by atoms with Gasteiger partial charge in [-0.3, -0.25) is 10.1 Å². The largest absolute Gasteiger partial charge is 0.482 e. The number of para-hydroxylation sites is 1. The van der Waals surface area contributed by atoms with Gasteiger partial charge in [0.2, 0.25) is 0 Å². The first kappa shape index (κ1) is 21.1. The summed E-state index contributed by atoms with van der Waals surface area (Å²) >= 11 is 14.5. The molecule has 3 aromatic rings. The fourth-order valence-electron chi connectivity index (χ4n) is 2.29. The number of amides is 1. The number of nitrogens with one attached hydrogen (secondary N) is 2. The Bertz CT molecular complexity index is 1000. The molecule has 0 aliphatic carbocycles. The van der Waals surface area contributed by atoms with Crippen LogP contribution in [0.25, 0.3) is 0 Å². The lowest BCUT2D eigenvalue weighted by Gasteiger charge is -2.12. The van der Waals surface area contributed by atoms with Gasteiger partial charge in [-0.2, -0.15) is 0 Å². The minimum atomic E-state index is -0.398. The third kappa shape index (κ3) is 6.74. The molecule has 3 rings (SSSR count). The van der Waals surface area contributed by atoms with E-state index in [9.17, 15) is 4.79 Å². The number of thiocarbonyl (C=S) groups is 1. The van der Waals surface area contributed by atoms with Crippen LogP contribution in [0, 0.1) is 0 Å². The van der Waals surface area contributed by atoms with E-state index in [1.807, 2.05) is 30.3 Å². The first-order valence-electron chi connectivity index (χ1n) is 8.51. The van der Waals surface area contributed by atoms with Crippen LogP contribution >= 0.6 is 39.7 Å². The van der Waals surface area contributed by atoms with E-state index in [-0.39, 0.29) is 11.7 Å². The van der Waals surface area contributed by atoms with E-state index in [0.717, 1.165) is 10.2 Å². The molecular formula is C21H16BrClN2O3S. The Labute approximate surface area is 187 Å². The van der Waals surface area contributed by atoms with Crippen molar-refractivity contribution in [1.29, 1.82) is 0 Å². The topological polar surface area (TPSA) is 59.6 Å². The third-order valence-electron chi connectivity index (χ3n) is 3.60. The number of ether oxygens (including phenoxy) is 2. The van der Waals surface area contributed by atoms with E-state index in [1.54, 1.807) is 42.5 Å². The van der Waals surface area contributed by atoms with Crippen LogP contribution in [0.4, 0.5) is 5.69 Å². The average molecular weight is 492 g/mol. The van der Waals surface area contributed by atoms with Crippen molar-refractivity contribution in [2.75, 3.05) is 11.9 Å². The van der Waals surface area contributed by atoms with E-state index in [1.165, 1.54) is 0 Å². The summed E-state index contributed by atoms with van der Waals surface area (Å²) in [5, 5.41) is 6.07. The van der Waals surface area contributed by atoms with Gasteiger partial charge in [-0.25, -0.2) is 0 Å². The summed E-state index contributed by atoms with van der Waals surface area (Å²) in [4.78, 5) is 12.0. The maximum absolute atomic E-state index is 12.0. The van der Waals surface area contributed by atoms with Crippen molar-refractivity contribution in [3.05, 3.63) is 82.3 Å². The Morgan fingerprint density at radius 3 is 2.38 bits per heavy atom. The van der Waals surface area contributed by atoms with Crippen LogP contribution in [-0.2, 0) is 4.79 Å². The second kappa shape index (κ2) is 10.2. The van der Waals surface area contributed by atoms with Gasteiger partial charge in [0.1, 0.15) is 17.2 Å². The highest BCUT2D eigenvalue weighted by Crippen LogP contribution is 2.27. The SMILES string of the molecule is O=C(COc1ccc(Br)cc1Cl)NC(=S)Nc1ccc(Oc2ccccc2)cc1. The van der Waals surface area contributed by atoms with Crippen molar-refractivity contribution in [3.8, 4) is 17.2 Å². The van der Waals surface area contributed by atoms with Gasteiger partial charge in [-0.05, 0) is 66.8 Å². The van der Waals surface area contributed by atoms with Crippen molar-refractivity contribution >= 4 is 56.5 Å². The molecule has 0 bridgehead atoms. The number of hydrogen-bond acceptors (Lipinski definition) is 4. The molecule has 1 amide bonds. The van der Waals surface area contributed by atoms with E-state index in [4.69, 9.17) is 33.3 Å². The van der Waals surface area contributed by atoms with Crippen LogP contribution in [0.15, 0.2) is 77.3 Å². The molecule has 0 spiro atoms. The Balaban J connectivity index is 1.46. The lowest BCUT2D eigenvalue weighted by atomic mass is 10.3. The lowest BCUT2D eigenvalue weighted by molar-refractivity contribution is -0.121. The lowest BCUT2D eigenvalue weighted by Crippen LogP contribution is -2.37. The number of carbonyl (C=O) groups excluding carboxylic acids is 1. The van der Waals surface area contributed by atoms with E-state index >= 15 is 0 Å². The maximum atomic E-state index is 12.0. The first-order valence-corrected chi connectivity index (χ1v) is 10.1. The maximum Gasteiger partial charge on any atom is 0.264 e. The number of anilines is 1. The van der Waals surface area contributed by atoms with Crippen LogP contribution < -0.4 is 20.1 Å². The van der Waals surface area contributed by atoms with Crippen molar-refractivity contribution in [3.63, 3.8) is 0 Å². The molecule has 0 radical (unpaired) electrons. The second-order valence-electron chi connectivity index (χ2n) is 5.81. The van der Waals surface area contributed by atoms with Gasteiger partial charge in [0.05, 0.1) is 5.02 Å². The Morgan fingerprint density at radius 1 is 1.00 bits per heavy atom. The summed E-state index contributed by atoms with van der Waals surface area (Å²) < 4.78 is 12.0. The summed E-state index contributed by atoms with van der Waals surface area (Å²) in [5.41, 5.74) is 0.715. The van der Waals surface area contributed by atoms with Crippen molar-refractivity contribution in [2.24, 2.45) is 0 Å². The van der Waals surface area contributed by atoms with E-state index in [0.29, 0.717) is 22.2 Å². The summed E-state index contributed by atoms with van der Waals surface area (Å²) in [7, 11) is 0. The van der Waals surface area contributed by atoms with Gasteiger partial charge in [0, 0.05) is 10.2 Å². The molecule has 5 nitrogen and oxygen atoms in total. The van der Waals surface area contributed by atoms with Crippen LogP contribution in [0.3, 0.4) is 0 Å². The molecule has 3 aromatic carbocycles. The molecule has 29 heavy (non-hydrogen) atoms. The Kier molecular flexibility index (Phi) is 7.46. The van der Waals surface area contributed by atoms with Gasteiger partial charge in [-0.1, -0.05) is 45.7 Å². The zero-order valence-corrected chi connectivity index (χ0v) is 18.2. The number of hydrogen-bond donors (Lipinski definition) is 2. The number of carbonyl (C=O) groups is 1. The summed E-state index contributed by atoms with van der Waals surface area (Å²) in [6, 6.07) is 21.8. The molecule has 0 fully saturated rings. The summed E-state index contributed by atoms with van der Waals surface area (Å²) in [5.74, 6) is 1.46. The predicted octanol–water partition coefficient (Wildman–Crippen LogP) is 5.79. The van der Waals surface area contributed by atoms with Gasteiger partial charge in [-0.15, -0.1) is 0 Å².